The number of Topliss-reactive ketones (excluding diaryl/α,β-unsaturated/α-hetero) is 1. The molecule has 1 N–H and O–H groups in total. The Balaban J connectivity index is 1.93. The third-order valence-electron chi connectivity index (χ3n) is 5.48. The number of aliphatic hydroxyl groups excluding tert-OH is 1. The number of hydrogen-bond donors (Lipinski definition) is 1. The molecule has 2 heterocycles. The number of carbonyl (C=O) groups excluding carboxylic acids is 2. The standard InChI is InChI=1S/C25H20ClFN2O4/c1-14-11-18(24(33-2)19(26)12-14)22(30)20-21(16-3-5-17(27)6-4-16)29(25(32)23(20)31)13-15-7-9-28-10-8-15/h3-12,21,30H,13H2,1-2H3/b22-20+. The molecule has 1 aliphatic rings. The van der Waals surface area contributed by atoms with Crippen LogP contribution in [0.3, 0.4) is 0 Å². The molecule has 0 radical (unpaired) electrons. The van der Waals surface area contributed by atoms with Crippen LogP contribution in [0.25, 0.3) is 5.76 Å². The van der Waals surface area contributed by atoms with Gasteiger partial charge in [-0.1, -0.05) is 23.7 Å². The first-order valence-corrected chi connectivity index (χ1v) is 10.5. The predicted molar refractivity (Wildman–Crippen MR) is 121 cm³/mol. The van der Waals surface area contributed by atoms with Crippen molar-refractivity contribution in [2.45, 2.75) is 19.5 Å². The van der Waals surface area contributed by atoms with Gasteiger partial charge in [0.1, 0.15) is 17.3 Å². The highest BCUT2D eigenvalue weighted by atomic mass is 35.5. The lowest BCUT2D eigenvalue weighted by Gasteiger charge is -2.25. The first kappa shape index (κ1) is 22.5. The largest absolute Gasteiger partial charge is 0.507 e. The fourth-order valence-electron chi connectivity index (χ4n) is 3.98. The number of amides is 1. The van der Waals surface area contributed by atoms with Gasteiger partial charge in [0.25, 0.3) is 11.7 Å². The van der Waals surface area contributed by atoms with Crippen LogP contribution in [0.4, 0.5) is 4.39 Å². The number of aliphatic hydroxyl groups is 1. The van der Waals surface area contributed by atoms with Crippen molar-refractivity contribution in [3.8, 4) is 5.75 Å². The van der Waals surface area contributed by atoms with E-state index in [9.17, 15) is 19.1 Å². The van der Waals surface area contributed by atoms with E-state index in [2.05, 4.69) is 4.98 Å². The smallest absolute Gasteiger partial charge is 0.295 e. The first-order chi connectivity index (χ1) is 15.8. The molecule has 1 fully saturated rings. The average Bonchev–Trinajstić information content (AvgIpc) is 3.04. The maximum Gasteiger partial charge on any atom is 0.295 e. The van der Waals surface area contributed by atoms with E-state index in [1.165, 1.54) is 36.3 Å². The second kappa shape index (κ2) is 9.03. The lowest BCUT2D eigenvalue weighted by Crippen LogP contribution is -2.29. The topological polar surface area (TPSA) is 79.7 Å². The van der Waals surface area contributed by atoms with Gasteiger partial charge in [0, 0.05) is 18.9 Å². The van der Waals surface area contributed by atoms with Gasteiger partial charge in [0.2, 0.25) is 0 Å². The average molecular weight is 467 g/mol. The van der Waals surface area contributed by atoms with Crippen molar-refractivity contribution in [2.75, 3.05) is 7.11 Å². The highest BCUT2D eigenvalue weighted by Gasteiger charge is 2.46. The van der Waals surface area contributed by atoms with Crippen LogP contribution in [0.15, 0.2) is 66.5 Å². The molecule has 1 aliphatic heterocycles. The van der Waals surface area contributed by atoms with Gasteiger partial charge < -0.3 is 14.7 Å². The van der Waals surface area contributed by atoms with Crippen molar-refractivity contribution in [1.82, 2.24) is 9.88 Å². The summed E-state index contributed by atoms with van der Waals surface area (Å²) in [5.74, 6) is -2.33. The number of rotatable bonds is 5. The molecule has 2 aromatic carbocycles. The van der Waals surface area contributed by atoms with Crippen molar-refractivity contribution < 1.29 is 23.8 Å². The Morgan fingerprint density at radius 3 is 2.45 bits per heavy atom. The number of carbonyl (C=O) groups is 2. The summed E-state index contributed by atoms with van der Waals surface area (Å²) in [6.07, 6.45) is 3.16. The van der Waals surface area contributed by atoms with E-state index in [1.807, 2.05) is 0 Å². The highest BCUT2D eigenvalue weighted by Crippen LogP contribution is 2.43. The normalized spacial score (nSPS) is 17.5. The third-order valence-corrected chi connectivity index (χ3v) is 5.76. The number of nitrogens with zero attached hydrogens (tertiary/aromatic N) is 2. The van der Waals surface area contributed by atoms with E-state index in [0.29, 0.717) is 5.56 Å². The number of methoxy groups -OCH3 is 1. The van der Waals surface area contributed by atoms with Crippen LogP contribution < -0.4 is 4.74 Å². The number of benzene rings is 2. The summed E-state index contributed by atoms with van der Waals surface area (Å²) in [5, 5.41) is 11.5. The van der Waals surface area contributed by atoms with Crippen LogP contribution in [-0.2, 0) is 16.1 Å². The lowest BCUT2D eigenvalue weighted by atomic mass is 9.94. The summed E-state index contributed by atoms with van der Waals surface area (Å²) in [5.41, 5.74) is 2.02. The fourth-order valence-corrected chi connectivity index (χ4v) is 4.33. The van der Waals surface area contributed by atoms with E-state index in [0.717, 1.165) is 11.1 Å². The number of hydrogen-bond acceptors (Lipinski definition) is 5. The van der Waals surface area contributed by atoms with E-state index < -0.39 is 29.3 Å². The van der Waals surface area contributed by atoms with Gasteiger partial charge >= 0.3 is 0 Å². The maximum atomic E-state index is 13.6. The number of aromatic nitrogens is 1. The molecular formula is C25H20ClFN2O4. The molecule has 33 heavy (non-hydrogen) atoms. The molecule has 1 amide bonds. The second-order valence-corrected chi connectivity index (χ2v) is 8.07. The molecular weight excluding hydrogens is 447 g/mol. The molecule has 1 unspecified atom stereocenters. The van der Waals surface area contributed by atoms with Crippen LogP contribution >= 0.6 is 11.6 Å². The SMILES string of the molecule is COc1c(Cl)cc(C)cc1/C(O)=C1\C(=O)C(=O)N(Cc2ccncc2)C1c1ccc(F)cc1. The first-order valence-electron chi connectivity index (χ1n) is 10.1. The number of ketones is 1. The monoisotopic (exact) mass is 466 g/mol. The quantitative estimate of drug-likeness (QED) is 0.331. The number of halogens is 2. The van der Waals surface area contributed by atoms with Crippen LogP contribution in [-0.4, -0.2) is 33.8 Å². The Labute approximate surface area is 194 Å². The van der Waals surface area contributed by atoms with Crippen molar-refractivity contribution in [1.29, 1.82) is 0 Å². The molecule has 6 nitrogen and oxygen atoms in total. The minimum atomic E-state index is -0.942. The van der Waals surface area contributed by atoms with E-state index in [-0.39, 0.29) is 28.5 Å². The summed E-state index contributed by atoms with van der Waals surface area (Å²) < 4.78 is 19.0. The molecule has 1 aromatic heterocycles. The molecule has 168 valence electrons. The molecule has 8 heteroatoms. The van der Waals surface area contributed by atoms with Gasteiger partial charge in [-0.25, -0.2) is 4.39 Å². The Kier molecular flexibility index (Phi) is 6.16. The van der Waals surface area contributed by atoms with Crippen molar-refractivity contribution in [3.05, 3.63) is 99.6 Å². The summed E-state index contributed by atoms with van der Waals surface area (Å²) in [6, 6.07) is 11.3. The molecule has 1 saturated heterocycles. The maximum absolute atomic E-state index is 13.6. The van der Waals surface area contributed by atoms with E-state index in [4.69, 9.17) is 16.3 Å². The van der Waals surface area contributed by atoms with E-state index in [1.54, 1.807) is 43.6 Å². The van der Waals surface area contributed by atoms with Crippen LogP contribution in [0.1, 0.15) is 28.3 Å². The van der Waals surface area contributed by atoms with Gasteiger partial charge in [0.15, 0.2) is 0 Å². The summed E-state index contributed by atoms with van der Waals surface area (Å²) in [6.45, 7) is 1.87. The van der Waals surface area contributed by atoms with Gasteiger partial charge in [-0.3, -0.25) is 14.6 Å². The van der Waals surface area contributed by atoms with Gasteiger partial charge in [-0.15, -0.1) is 0 Å². The molecule has 0 saturated carbocycles. The molecule has 0 spiro atoms. The number of aryl methyl sites for hydroxylation is 1. The summed E-state index contributed by atoms with van der Waals surface area (Å²) in [7, 11) is 1.40. The molecule has 3 aromatic rings. The Hall–Kier alpha value is -3.71. The van der Waals surface area contributed by atoms with Gasteiger partial charge in [0.05, 0.1) is 29.3 Å². The summed E-state index contributed by atoms with van der Waals surface area (Å²) >= 11 is 6.29. The van der Waals surface area contributed by atoms with Crippen molar-refractivity contribution in [2.24, 2.45) is 0 Å². The highest BCUT2D eigenvalue weighted by molar-refractivity contribution is 6.46. The zero-order chi connectivity index (χ0) is 23.7. The number of ether oxygens (including phenoxy) is 1. The lowest BCUT2D eigenvalue weighted by molar-refractivity contribution is -0.140. The molecule has 0 bridgehead atoms. The molecule has 1 atom stereocenters. The second-order valence-electron chi connectivity index (χ2n) is 7.66. The molecule has 4 rings (SSSR count). The van der Waals surface area contributed by atoms with Crippen LogP contribution in [0, 0.1) is 12.7 Å². The zero-order valence-corrected chi connectivity index (χ0v) is 18.6. The Morgan fingerprint density at radius 2 is 1.82 bits per heavy atom. The van der Waals surface area contributed by atoms with Gasteiger partial charge in [-0.2, -0.15) is 0 Å². The zero-order valence-electron chi connectivity index (χ0n) is 17.9. The van der Waals surface area contributed by atoms with Crippen molar-refractivity contribution >= 4 is 29.1 Å². The minimum Gasteiger partial charge on any atom is -0.507 e. The fraction of sp³-hybridized carbons (Fsp3) is 0.160. The Morgan fingerprint density at radius 1 is 1.15 bits per heavy atom. The number of likely N-dealkylation sites (tertiary alicyclic amines) is 1. The van der Waals surface area contributed by atoms with Crippen LogP contribution in [0.5, 0.6) is 5.75 Å². The van der Waals surface area contributed by atoms with Crippen molar-refractivity contribution in [3.63, 3.8) is 0 Å². The van der Waals surface area contributed by atoms with Crippen LogP contribution in [0.2, 0.25) is 5.02 Å². The summed E-state index contributed by atoms with van der Waals surface area (Å²) in [4.78, 5) is 31.6. The van der Waals surface area contributed by atoms with Gasteiger partial charge in [-0.05, 0) is 60.0 Å². The Bertz CT molecular complexity index is 1260. The molecule has 0 aliphatic carbocycles. The minimum absolute atomic E-state index is 0.0949. The number of pyridine rings is 1. The third kappa shape index (κ3) is 4.19. The predicted octanol–water partition coefficient (Wildman–Crippen LogP) is 4.81. The van der Waals surface area contributed by atoms with E-state index >= 15 is 0 Å².